The smallest absolute Gasteiger partial charge is 0.00258 e. The van der Waals surface area contributed by atoms with Crippen LogP contribution in [-0.2, 0) is 6.42 Å². The number of hydrogen-bond acceptors (Lipinski definition) is 0. The summed E-state index contributed by atoms with van der Waals surface area (Å²) in [5.74, 6) is 4.24. The van der Waals surface area contributed by atoms with Crippen molar-refractivity contribution in [3.63, 3.8) is 0 Å². The molecule has 0 aliphatic heterocycles. The average molecular weight is 421 g/mol. The number of hydrogen-bond donors (Lipinski definition) is 0. The monoisotopic (exact) mass is 420 g/mol. The van der Waals surface area contributed by atoms with Crippen molar-refractivity contribution in [3.8, 4) is 0 Å². The van der Waals surface area contributed by atoms with Gasteiger partial charge in [-0.3, -0.25) is 0 Å². The Balaban J connectivity index is 0.000000213. The molecule has 0 bridgehead atoms. The molecule has 0 saturated heterocycles. The second kappa shape index (κ2) is 13.1. The van der Waals surface area contributed by atoms with Crippen molar-refractivity contribution in [3.05, 3.63) is 70.8 Å². The molecule has 0 spiro atoms. The Morgan fingerprint density at radius 3 is 1.19 bits per heavy atom. The first-order valence-electron chi connectivity index (χ1n) is 12.6. The average Bonchev–Trinajstić information content (AvgIpc) is 2.75. The molecule has 0 atom stereocenters. The molecule has 0 heteroatoms. The Kier molecular flexibility index (Phi) is 10.9. The summed E-state index contributed by atoms with van der Waals surface area (Å²) >= 11 is 0. The molecule has 0 radical (unpaired) electrons. The molecule has 0 nitrogen and oxygen atoms in total. The summed E-state index contributed by atoms with van der Waals surface area (Å²) in [4.78, 5) is 0. The van der Waals surface area contributed by atoms with Crippen LogP contribution < -0.4 is 0 Å². The fourth-order valence-corrected chi connectivity index (χ4v) is 5.25. The van der Waals surface area contributed by atoms with Gasteiger partial charge in [0.1, 0.15) is 0 Å². The topological polar surface area (TPSA) is 0 Å². The highest BCUT2D eigenvalue weighted by Gasteiger charge is 2.24. The zero-order chi connectivity index (χ0) is 21.3. The summed E-state index contributed by atoms with van der Waals surface area (Å²) in [5, 5.41) is 0. The molecule has 4 rings (SSSR count). The van der Waals surface area contributed by atoms with Crippen molar-refractivity contribution < 1.29 is 0 Å². The largest absolute Gasteiger partial charge is 0.0776 e. The second-order valence-corrected chi connectivity index (χ2v) is 10.6. The van der Waals surface area contributed by atoms with Crippen LogP contribution in [0.1, 0.15) is 101 Å². The summed E-state index contributed by atoms with van der Waals surface area (Å²) in [7, 11) is 0. The van der Waals surface area contributed by atoms with Crippen molar-refractivity contribution in [1.29, 1.82) is 0 Å². The van der Waals surface area contributed by atoms with Crippen LogP contribution in [0.2, 0.25) is 0 Å². The van der Waals surface area contributed by atoms with Crippen LogP contribution >= 0.6 is 0 Å². The minimum Gasteiger partial charge on any atom is -0.0776 e. The lowest BCUT2D eigenvalue weighted by molar-refractivity contribution is 0.201. The first-order chi connectivity index (χ1) is 14.5. The number of aryl methyl sites for hydroxylation is 2. The molecule has 0 unspecified atom stereocenters. The maximum atomic E-state index is 2.43. The SMILES string of the molecule is C.CC1CCC(CC2CCC(C)CC2)CC1.Cc1ccc(Cc2ccc(C)cc2)cc1. The Morgan fingerprint density at radius 1 is 0.548 bits per heavy atom. The molecule has 0 N–H and O–H groups in total. The van der Waals surface area contributed by atoms with Crippen LogP contribution in [-0.4, -0.2) is 0 Å². The highest BCUT2D eigenvalue weighted by Crippen LogP contribution is 2.37. The second-order valence-electron chi connectivity index (χ2n) is 10.6. The molecule has 2 saturated carbocycles. The normalized spacial score (nSPS) is 25.7. The van der Waals surface area contributed by atoms with Gasteiger partial charge in [0.2, 0.25) is 0 Å². The van der Waals surface area contributed by atoms with E-state index >= 15 is 0 Å². The number of benzene rings is 2. The molecule has 172 valence electrons. The lowest BCUT2D eigenvalue weighted by Crippen LogP contribution is -2.19. The third-order valence-corrected chi connectivity index (χ3v) is 7.59. The van der Waals surface area contributed by atoms with Crippen LogP contribution in [0.3, 0.4) is 0 Å². The van der Waals surface area contributed by atoms with Gasteiger partial charge in [-0.1, -0.05) is 132 Å². The summed E-state index contributed by atoms with van der Waals surface area (Å²) in [6.45, 7) is 9.10. The van der Waals surface area contributed by atoms with Crippen molar-refractivity contribution in [2.45, 2.75) is 99.3 Å². The fourth-order valence-electron chi connectivity index (χ4n) is 5.25. The Hall–Kier alpha value is -1.56. The van der Waals surface area contributed by atoms with Crippen LogP contribution in [0.25, 0.3) is 0 Å². The molecule has 0 aromatic heterocycles. The van der Waals surface area contributed by atoms with Crippen LogP contribution in [0.4, 0.5) is 0 Å². The Labute approximate surface area is 193 Å². The predicted octanol–water partition coefficient (Wildman–Crippen LogP) is 9.56. The predicted molar refractivity (Wildman–Crippen MR) is 139 cm³/mol. The van der Waals surface area contributed by atoms with Gasteiger partial charge in [0.15, 0.2) is 0 Å². The van der Waals surface area contributed by atoms with Gasteiger partial charge >= 0.3 is 0 Å². The third kappa shape index (κ3) is 9.22. The van der Waals surface area contributed by atoms with E-state index in [2.05, 4.69) is 76.2 Å². The van der Waals surface area contributed by atoms with Gasteiger partial charge in [-0.05, 0) is 61.5 Å². The molecule has 31 heavy (non-hydrogen) atoms. The Morgan fingerprint density at radius 2 is 0.871 bits per heavy atom. The quantitative estimate of drug-likeness (QED) is 0.462. The molecule has 2 aliphatic carbocycles. The van der Waals surface area contributed by atoms with Crippen LogP contribution in [0.5, 0.6) is 0 Å². The van der Waals surface area contributed by atoms with E-state index in [1.54, 1.807) is 6.42 Å². The zero-order valence-electron chi connectivity index (χ0n) is 20.0. The maximum Gasteiger partial charge on any atom is -0.00258 e. The highest BCUT2D eigenvalue weighted by atomic mass is 14.3. The van der Waals surface area contributed by atoms with Gasteiger partial charge in [-0.25, -0.2) is 0 Å². The summed E-state index contributed by atoms with van der Waals surface area (Å²) in [6.07, 6.45) is 14.8. The van der Waals surface area contributed by atoms with Gasteiger partial charge < -0.3 is 0 Å². The van der Waals surface area contributed by atoms with Gasteiger partial charge in [0, 0.05) is 0 Å². The van der Waals surface area contributed by atoms with Crippen molar-refractivity contribution in [1.82, 2.24) is 0 Å². The van der Waals surface area contributed by atoms with E-state index in [9.17, 15) is 0 Å². The maximum absolute atomic E-state index is 2.43. The van der Waals surface area contributed by atoms with Crippen LogP contribution in [0.15, 0.2) is 48.5 Å². The molecule has 2 aliphatic rings. The van der Waals surface area contributed by atoms with Gasteiger partial charge in [0.05, 0.1) is 0 Å². The van der Waals surface area contributed by atoms with Crippen LogP contribution in [0, 0.1) is 37.5 Å². The molecular weight excluding hydrogens is 372 g/mol. The standard InChI is InChI=1S/C15H28.C15H16.CH4/c2*1-12-3-7-14(8-4-12)11-15-9-5-13(2)6-10-15;/h12-15H,3-11H2,1-2H3;3-10H,11H2,1-2H3;1H4. The summed E-state index contributed by atoms with van der Waals surface area (Å²) < 4.78 is 0. The van der Waals surface area contributed by atoms with Crippen molar-refractivity contribution in [2.75, 3.05) is 0 Å². The lowest BCUT2D eigenvalue weighted by Gasteiger charge is -2.32. The van der Waals surface area contributed by atoms with Crippen molar-refractivity contribution in [2.24, 2.45) is 23.7 Å². The zero-order valence-corrected chi connectivity index (χ0v) is 20.0. The van der Waals surface area contributed by atoms with Crippen molar-refractivity contribution >= 4 is 0 Å². The first-order valence-corrected chi connectivity index (χ1v) is 12.6. The molecule has 0 heterocycles. The molecular formula is C31H48. The summed E-state index contributed by atoms with van der Waals surface area (Å²) in [5.41, 5.74) is 5.40. The van der Waals surface area contributed by atoms with Gasteiger partial charge in [-0.15, -0.1) is 0 Å². The van der Waals surface area contributed by atoms with E-state index in [1.165, 1.54) is 73.6 Å². The Bertz CT molecular complexity index is 644. The van der Waals surface area contributed by atoms with Gasteiger partial charge in [-0.2, -0.15) is 0 Å². The molecule has 0 amide bonds. The van der Waals surface area contributed by atoms with E-state index in [1.807, 2.05) is 0 Å². The van der Waals surface area contributed by atoms with E-state index in [0.717, 1.165) is 30.1 Å². The highest BCUT2D eigenvalue weighted by molar-refractivity contribution is 5.29. The minimum absolute atomic E-state index is 0. The third-order valence-electron chi connectivity index (χ3n) is 7.59. The molecule has 2 aromatic carbocycles. The van der Waals surface area contributed by atoms with E-state index < -0.39 is 0 Å². The van der Waals surface area contributed by atoms with Gasteiger partial charge in [0.25, 0.3) is 0 Å². The minimum atomic E-state index is 0. The first kappa shape index (κ1) is 25.7. The fraction of sp³-hybridized carbons (Fsp3) is 0.613. The van der Waals surface area contributed by atoms with E-state index in [0.29, 0.717) is 0 Å². The van der Waals surface area contributed by atoms with E-state index in [-0.39, 0.29) is 7.43 Å². The summed E-state index contributed by atoms with van der Waals surface area (Å²) in [6, 6.07) is 17.5. The number of rotatable bonds is 4. The lowest BCUT2D eigenvalue weighted by atomic mass is 9.74. The van der Waals surface area contributed by atoms with E-state index in [4.69, 9.17) is 0 Å². The molecule has 2 fully saturated rings. The molecule has 2 aromatic rings.